The van der Waals surface area contributed by atoms with Crippen LogP contribution in [0.5, 0.6) is 0 Å². The van der Waals surface area contributed by atoms with E-state index < -0.39 is 0 Å². The molecule has 3 nitrogen and oxygen atoms in total. The molecule has 0 aliphatic heterocycles. The lowest BCUT2D eigenvalue weighted by Gasteiger charge is -2.20. The molecule has 0 atom stereocenters. The standard InChI is InChI=1S/C17H16N2O/c1-11-6-8-12(9-7-11)16-13-4-2-3-5-15(13)19-17(20)14(16)10-18/h6-9H,2-5H2,1H3,(H,19,20)/i14+1. The number of nitrogens with zero attached hydrogens (tertiary/aromatic N) is 1. The molecule has 0 radical (unpaired) electrons. The molecule has 1 aliphatic carbocycles. The van der Waals surface area contributed by atoms with Crippen molar-refractivity contribution in [1.29, 1.82) is 5.26 Å². The van der Waals surface area contributed by atoms with Gasteiger partial charge in [-0.15, -0.1) is 0 Å². The Labute approximate surface area is 117 Å². The topological polar surface area (TPSA) is 56.6 Å². The third kappa shape index (κ3) is 2.04. The number of aryl methyl sites for hydroxylation is 2. The summed E-state index contributed by atoms with van der Waals surface area (Å²) in [5, 5.41) is 9.35. The summed E-state index contributed by atoms with van der Waals surface area (Å²) in [6, 6.07) is 10.1. The third-order valence-electron chi connectivity index (χ3n) is 3.96. The normalized spacial score (nSPS) is 13.6. The Kier molecular flexibility index (Phi) is 3.15. The second-order valence-electron chi connectivity index (χ2n) is 5.35. The molecule has 1 aliphatic rings. The van der Waals surface area contributed by atoms with Gasteiger partial charge in [0.25, 0.3) is 5.56 Å². The molecule has 3 rings (SSSR count). The summed E-state index contributed by atoms with van der Waals surface area (Å²) in [7, 11) is 0. The van der Waals surface area contributed by atoms with Gasteiger partial charge in [-0.1, -0.05) is 29.8 Å². The molecule has 1 aromatic carbocycles. The molecular formula is C17H16N2O. The molecule has 0 fully saturated rings. The van der Waals surface area contributed by atoms with E-state index in [0.717, 1.165) is 48.1 Å². The molecule has 1 aromatic heterocycles. The highest BCUT2D eigenvalue weighted by atomic mass is 16.1. The van der Waals surface area contributed by atoms with Crippen molar-refractivity contribution in [2.45, 2.75) is 32.6 Å². The van der Waals surface area contributed by atoms with E-state index in [9.17, 15) is 10.1 Å². The lowest BCUT2D eigenvalue weighted by Crippen LogP contribution is -2.20. The maximum atomic E-state index is 12.1. The van der Waals surface area contributed by atoms with E-state index >= 15 is 0 Å². The van der Waals surface area contributed by atoms with Crippen molar-refractivity contribution in [3.63, 3.8) is 0 Å². The highest BCUT2D eigenvalue weighted by Gasteiger charge is 2.20. The fraction of sp³-hybridized carbons (Fsp3) is 0.294. The van der Waals surface area contributed by atoms with Gasteiger partial charge >= 0.3 is 0 Å². The summed E-state index contributed by atoms with van der Waals surface area (Å²) < 4.78 is 0. The zero-order chi connectivity index (χ0) is 14.1. The van der Waals surface area contributed by atoms with E-state index in [1.165, 1.54) is 5.56 Å². The summed E-state index contributed by atoms with van der Waals surface area (Å²) in [6.07, 6.45) is 4.05. The van der Waals surface area contributed by atoms with E-state index in [-0.39, 0.29) is 11.1 Å². The summed E-state index contributed by atoms with van der Waals surface area (Å²) in [5.41, 5.74) is 5.12. The predicted molar refractivity (Wildman–Crippen MR) is 78.6 cm³/mol. The fourth-order valence-electron chi connectivity index (χ4n) is 2.93. The van der Waals surface area contributed by atoms with Crippen LogP contribution in [0, 0.1) is 18.3 Å². The number of hydrogen-bond donors (Lipinski definition) is 1. The van der Waals surface area contributed by atoms with Crippen LogP contribution in [0.2, 0.25) is 0 Å². The van der Waals surface area contributed by atoms with Crippen molar-refractivity contribution in [2.75, 3.05) is 0 Å². The van der Waals surface area contributed by atoms with E-state index in [0.29, 0.717) is 0 Å². The van der Waals surface area contributed by atoms with Crippen molar-refractivity contribution >= 4 is 0 Å². The molecule has 1 heterocycles. The van der Waals surface area contributed by atoms with Crippen LogP contribution < -0.4 is 5.56 Å². The molecule has 3 heteroatoms. The predicted octanol–water partition coefficient (Wildman–Crippen LogP) is 3.10. The second-order valence-corrected chi connectivity index (χ2v) is 5.35. The van der Waals surface area contributed by atoms with Gasteiger partial charge in [-0.2, -0.15) is 5.26 Å². The molecule has 0 unspecified atom stereocenters. The Morgan fingerprint density at radius 1 is 1.15 bits per heavy atom. The number of fused-ring (bicyclic) bond motifs is 1. The molecule has 20 heavy (non-hydrogen) atoms. The molecule has 0 bridgehead atoms. The largest absolute Gasteiger partial charge is 0.325 e. The van der Waals surface area contributed by atoms with Crippen LogP contribution in [-0.2, 0) is 12.8 Å². The van der Waals surface area contributed by atoms with Gasteiger partial charge < -0.3 is 4.98 Å². The monoisotopic (exact) mass is 265 g/mol. The first-order valence-electron chi connectivity index (χ1n) is 6.96. The van der Waals surface area contributed by atoms with Gasteiger partial charge in [-0.3, -0.25) is 4.79 Å². The lowest BCUT2D eigenvalue weighted by molar-refractivity contribution is 0.666. The Morgan fingerprint density at radius 2 is 1.85 bits per heavy atom. The Morgan fingerprint density at radius 3 is 2.55 bits per heavy atom. The number of aromatic amines is 1. The zero-order valence-corrected chi connectivity index (χ0v) is 11.5. The van der Waals surface area contributed by atoms with Crippen molar-refractivity contribution < 1.29 is 0 Å². The van der Waals surface area contributed by atoms with Crippen LogP contribution in [0.4, 0.5) is 0 Å². The van der Waals surface area contributed by atoms with Crippen LogP contribution in [0.1, 0.15) is 35.2 Å². The van der Waals surface area contributed by atoms with Gasteiger partial charge in [0.1, 0.15) is 11.6 Å². The Hall–Kier alpha value is -2.34. The molecule has 100 valence electrons. The van der Waals surface area contributed by atoms with Gasteiger partial charge in [0.15, 0.2) is 0 Å². The number of nitriles is 1. The average Bonchev–Trinajstić information content (AvgIpc) is 2.47. The molecule has 0 spiro atoms. The minimum Gasteiger partial charge on any atom is -0.325 e. The number of rotatable bonds is 1. The number of H-pyrrole nitrogens is 1. The second kappa shape index (κ2) is 4.97. The fourth-order valence-corrected chi connectivity index (χ4v) is 2.93. The first kappa shape index (κ1) is 12.7. The van der Waals surface area contributed by atoms with Crippen LogP contribution in [0.3, 0.4) is 0 Å². The highest BCUT2D eigenvalue weighted by molar-refractivity contribution is 5.74. The number of nitrogens with one attached hydrogen (secondary N) is 1. The van der Waals surface area contributed by atoms with E-state index in [2.05, 4.69) is 11.1 Å². The number of hydrogen-bond acceptors (Lipinski definition) is 2. The summed E-state index contributed by atoms with van der Waals surface area (Å²) >= 11 is 0. The van der Waals surface area contributed by atoms with Crippen molar-refractivity contribution in [3.05, 3.63) is 57.0 Å². The van der Waals surface area contributed by atoms with Gasteiger partial charge in [0.05, 0.1) is 0 Å². The van der Waals surface area contributed by atoms with Gasteiger partial charge in [-0.05, 0) is 43.7 Å². The SMILES string of the molecule is Cc1ccc(-c2c3c([nH]c(=O)[13c]2C#N)CCCC3)cc1. The Bertz CT molecular complexity index is 748. The summed E-state index contributed by atoms with van der Waals surface area (Å²) in [6.45, 7) is 2.03. The van der Waals surface area contributed by atoms with Crippen LogP contribution in [-0.4, -0.2) is 4.98 Å². The average molecular weight is 265 g/mol. The maximum Gasteiger partial charge on any atom is 0.266 e. The van der Waals surface area contributed by atoms with E-state index in [4.69, 9.17) is 0 Å². The molecule has 2 aromatic rings. The van der Waals surface area contributed by atoms with Crippen LogP contribution in [0.15, 0.2) is 29.1 Å². The zero-order valence-electron chi connectivity index (χ0n) is 11.5. The van der Waals surface area contributed by atoms with Crippen LogP contribution >= 0.6 is 0 Å². The van der Waals surface area contributed by atoms with Crippen LogP contribution in [0.25, 0.3) is 11.1 Å². The van der Waals surface area contributed by atoms with Crippen molar-refractivity contribution in [2.24, 2.45) is 0 Å². The number of pyridine rings is 1. The summed E-state index contributed by atoms with van der Waals surface area (Å²) in [5.74, 6) is 0. The maximum absolute atomic E-state index is 12.1. The molecule has 0 saturated carbocycles. The molecule has 1 N–H and O–H groups in total. The quantitative estimate of drug-likeness (QED) is 0.861. The summed E-state index contributed by atoms with van der Waals surface area (Å²) in [4.78, 5) is 15.0. The van der Waals surface area contributed by atoms with E-state index in [1.54, 1.807) is 0 Å². The number of benzene rings is 1. The first-order valence-corrected chi connectivity index (χ1v) is 6.96. The van der Waals surface area contributed by atoms with Crippen molar-refractivity contribution in [1.82, 2.24) is 4.98 Å². The molecule has 0 amide bonds. The minimum atomic E-state index is -0.260. The van der Waals surface area contributed by atoms with Gasteiger partial charge in [0.2, 0.25) is 0 Å². The minimum absolute atomic E-state index is 0.245. The lowest BCUT2D eigenvalue weighted by atomic mass is 9.90. The highest BCUT2D eigenvalue weighted by Crippen LogP contribution is 2.31. The van der Waals surface area contributed by atoms with E-state index in [1.807, 2.05) is 31.2 Å². The molecule has 0 saturated heterocycles. The van der Waals surface area contributed by atoms with Gasteiger partial charge in [-0.25, -0.2) is 0 Å². The molecular weight excluding hydrogens is 249 g/mol. The third-order valence-corrected chi connectivity index (χ3v) is 3.96. The smallest absolute Gasteiger partial charge is 0.266 e. The first-order chi connectivity index (χ1) is 9.70. The Balaban J connectivity index is 2.32. The number of aromatic nitrogens is 1. The van der Waals surface area contributed by atoms with Crippen molar-refractivity contribution in [3.8, 4) is 17.2 Å². The van der Waals surface area contributed by atoms with Gasteiger partial charge in [0, 0.05) is 11.3 Å².